The topological polar surface area (TPSA) is 90.3 Å². The largest absolute Gasteiger partial charge is 0.310 e. The van der Waals surface area contributed by atoms with Gasteiger partial charge >= 0.3 is 0 Å². The fourth-order valence-corrected chi connectivity index (χ4v) is 25.7. The van der Waals surface area contributed by atoms with E-state index >= 15 is 0 Å². The Kier molecular flexibility index (Phi) is 20.1. The minimum Gasteiger partial charge on any atom is -0.310 e. The highest BCUT2D eigenvalue weighted by molar-refractivity contribution is 5.98. The molecule has 0 saturated carbocycles. The third kappa shape index (κ3) is 13.6. The lowest BCUT2D eigenvalue weighted by Crippen LogP contribution is -2.30. The average molecular weight is 1890 g/mol. The summed E-state index contributed by atoms with van der Waals surface area (Å²) in [5.41, 5.74) is 45.4. The maximum Gasteiger partial charge on any atom is 0.164 e. The number of fused-ring (bicyclic) bond motifs is 20. The number of benzene rings is 19. The molecule has 2 aromatic heterocycles. The van der Waals surface area contributed by atoms with Gasteiger partial charge in [0.1, 0.15) is 0 Å². The van der Waals surface area contributed by atoms with Crippen molar-refractivity contribution in [2.45, 2.75) is 108 Å². The quantitative estimate of drug-likeness (QED) is 0.125. The highest BCUT2D eigenvalue weighted by Gasteiger charge is 2.53. The van der Waals surface area contributed by atoms with E-state index in [2.05, 4.69) is 544 Å². The Morgan fingerprint density at radius 1 is 0.163 bits per heavy atom. The molecule has 10 heteroatoms. The molecule has 0 amide bonds. The average Bonchev–Trinajstić information content (AvgIpc) is 1.52. The predicted molar refractivity (Wildman–Crippen MR) is 602 cm³/mol. The number of aromatic nitrogens is 6. The normalized spacial score (nSPS) is 15.4. The van der Waals surface area contributed by atoms with E-state index in [-0.39, 0.29) is 33.0 Å². The van der Waals surface area contributed by atoms with Crippen molar-refractivity contribution in [3.05, 3.63) is 550 Å². The number of hydrogen-bond donors (Lipinski definition) is 0. The summed E-state index contributed by atoms with van der Waals surface area (Å²) in [6.45, 7) is 23.3. The fourth-order valence-electron chi connectivity index (χ4n) is 25.7. The fraction of sp³-hybridized carbons (Fsp3) is 0.124. The van der Waals surface area contributed by atoms with E-state index in [0.717, 1.165) is 56.1 Å². The zero-order chi connectivity index (χ0) is 99.1. The molecule has 0 N–H and O–H groups in total. The summed E-state index contributed by atoms with van der Waals surface area (Å²) in [4.78, 5) is 41.6. The molecular formula is C137H106N10. The molecule has 10 nitrogen and oxygen atoms in total. The summed E-state index contributed by atoms with van der Waals surface area (Å²) < 4.78 is 0. The van der Waals surface area contributed by atoms with Gasteiger partial charge < -0.3 is 19.6 Å². The van der Waals surface area contributed by atoms with Crippen LogP contribution in [0.4, 0.5) is 68.2 Å². The molecule has 0 atom stereocenters. The van der Waals surface area contributed by atoms with Crippen molar-refractivity contribution in [2.75, 3.05) is 19.6 Å². The molecule has 0 fully saturated rings. The molecule has 0 radical (unpaired) electrons. The van der Waals surface area contributed by atoms with Crippen molar-refractivity contribution < 1.29 is 0 Å². The van der Waals surface area contributed by atoms with Gasteiger partial charge in [-0.15, -0.1) is 0 Å². The van der Waals surface area contributed by atoms with E-state index in [1.165, 1.54) is 162 Å². The number of para-hydroxylation sites is 8. The van der Waals surface area contributed by atoms with Crippen LogP contribution in [0.3, 0.4) is 0 Å². The summed E-state index contributed by atoms with van der Waals surface area (Å²) in [5.74, 6) is 3.82. The van der Waals surface area contributed by atoms with Crippen molar-refractivity contribution in [3.8, 4) is 90.6 Å². The van der Waals surface area contributed by atoms with E-state index in [1.807, 2.05) is 0 Å². The van der Waals surface area contributed by atoms with E-state index in [9.17, 15) is 0 Å². The van der Waals surface area contributed by atoms with Crippen molar-refractivity contribution in [3.63, 3.8) is 0 Å². The second-order valence-corrected chi connectivity index (χ2v) is 42.8. The minimum absolute atomic E-state index is 0.100. The SMILES string of the molecule is CC1(C)c2ccccc2C(c2ccc(-c3nc(-c4ccc(N5c6ccccc6C(C)(C)c6ccccc65)cc4)nc(-c4ccc(N5c6ccccc6C(C)(C)c6ccccc65)cc4)n3)cc2)c2ccccc21.CC1(C)c2ccccc2N(c2ccc(-c3nc(-c4ccc(N5c6ccccc6C(C)(C)c6ccccc65)cc4)nc(-c4ccc5c(c4)C4(c6ccccc6-c6ccccc64)c4ccccc4-5)n3)cc2)c2ccccc21. The standard InChI is InChI=1S/C70H51N5.C67H55N5/c1-68(2)56-25-11-15-29-61(56)74(62-30-16-12-26-57(62)68)47-38-33-44(34-39-47)65-71-66(45-35-40-48(41-36-45)75-63-31-17-13-27-58(63)69(3,4)59-28-14-18-32-64(59)75)73-67(72-65)46-37-42-52-51-21-7-10-24-55(51)70(60(52)43-46)53-22-8-5-19-49(53)50-20-6-9-23-54(50)70;1-65(2)51-21-9-7-19-49(51)61(50-20-8-10-22-52(50)65)43-31-33-44(34-32-43)62-68-63(45-35-39-47(40-36-45)71-57-27-15-11-23-53(57)66(3,4)54-24-12-16-28-58(54)71)70-64(69-62)46-37-41-48(42-38-46)72-59-29-17-13-25-55(59)67(5,6)56-26-14-18-30-60(56)72/h5-43H,1-4H3;7-42,61H,1-6H3. The number of anilines is 12. The summed E-state index contributed by atoms with van der Waals surface area (Å²) >= 11 is 0. The lowest BCUT2D eigenvalue weighted by Gasteiger charge is -2.42. The van der Waals surface area contributed by atoms with Crippen LogP contribution in [0.5, 0.6) is 0 Å². The lowest BCUT2D eigenvalue weighted by atomic mass is 9.64. The van der Waals surface area contributed by atoms with Crippen molar-refractivity contribution >= 4 is 68.2 Å². The summed E-state index contributed by atoms with van der Waals surface area (Å²) in [6.07, 6.45) is 0. The van der Waals surface area contributed by atoms with Gasteiger partial charge in [0.05, 0.1) is 50.9 Å². The number of rotatable bonds is 11. The molecule has 6 heterocycles. The first-order valence-corrected chi connectivity index (χ1v) is 51.3. The Morgan fingerprint density at radius 3 is 0.599 bits per heavy atom. The van der Waals surface area contributed by atoms with Gasteiger partial charge in [0.2, 0.25) is 0 Å². The lowest BCUT2D eigenvalue weighted by molar-refractivity contribution is 0.597. The van der Waals surface area contributed by atoms with Crippen molar-refractivity contribution in [1.82, 2.24) is 29.9 Å². The van der Waals surface area contributed by atoms with E-state index in [4.69, 9.17) is 29.9 Å². The molecular weight excluding hydrogens is 1790 g/mol. The van der Waals surface area contributed by atoms with Crippen LogP contribution in [-0.4, -0.2) is 29.9 Å². The van der Waals surface area contributed by atoms with Gasteiger partial charge in [-0.2, -0.15) is 0 Å². The number of nitrogens with zero attached hydrogens (tertiary/aromatic N) is 10. The van der Waals surface area contributed by atoms with Crippen LogP contribution in [0.25, 0.3) is 90.6 Å². The third-order valence-corrected chi connectivity index (χ3v) is 33.0. The Bertz CT molecular complexity index is 8030. The molecule has 4 aliphatic heterocycles. The maximum absolute atomic E-state index is 5.42. The van der Waals surface area contributed by atoms with E-state index in [1.54, 1.807) is 0 Å². The van der Waals surface area contributed by atoms with Gasteiger partial charge in [0.15, 0.2) is 34.9 Å². The van der Waals surface area contributed by atoms with Crippen molar-refractivity contribution in [1.29, 1.82) is 0 Å². The molecule has 0 unspecified atom stereocenters. The van der Waals surface area contributed by atoms with Crippen LogP contribution in [0.15, 0.2) is 455 Å². The summed E-state index contributed by atoms with van der Waals surface area (Å²) in [6, 6.07) is 166. The highest BCUT2D eigenvalue weighted by atomic mass is 15.2. The van der Waals surface area contributed by atoms with Gasteiger partial charge in [0.25, 0.3) is 0 Å². The van der Waals surface area contributed by atoms with Crippen LogP contribution in [0, 0.1) is 0 Å². The summed E-state index contributed by atoms with van der Waals surface area (Å²) in [5, 5.41) is 0. The van der Waals surface area contributed by atoms with E-state index in [0.29, 0.717) is 34.9 Å². The molecule has 0 bridgehead atoms. The van der Waals surface area contributed by atoms with Crippen LogP contribution in [-0.2, 0) is 32.5 Å². The van der Waals surface area contributed by atoms with Gasteiger partial charge in [-0.1, -0.05) is 373 Å². The second-order valence-electron chi connectivity index (χ2n) is 42.8. The molecule has 19 aromatic carbocycles. The first-order valence-electron chi connectivity index (χ1n) is 51.3. The molecule has 21 aromatic rings. The van der Waals surface area contributed by atoms with Crippen LogP contribution < -0.4 is 19.6 Å². The minimum atomic E-state index is -0.499. The van der Waals surface area contributed by atoms with Gasteiger partial charge in [-0.3, -0.25) is 0 Å². The molecule has 28 rings (SSSR count). The third-order valence-electron chi connectivity index (χ3n) is 33.0. The molecule has 147 heavy (non-hydrogen) atoms. The second kappa shape index (κ2) is 33.5. The van der Waals surface area contributed by atoms with Gasteiger partial charge in [-0.25, -0.2) is 29.9 Å². The molecule has 7 aliphatic rings. The van der Waals surface area contributed by atoms with Crippen LogP contribution >= 0.6 is 0 Å². The summed E-state index contributed by atoms with van der Waals surface area (Å²) in [7, 11) is 0. The Balaban J connectivity index is 0.000000146. The Morgan fingerprint density at radius 2 is 0.347 bits per heavy atom. The predicted octanol–water partition coefficient (Wildman–Crippen LogP) is 34.3. The van der Waals surface area contributed by atoms with E-state index < -0.39 is 5.41 Å². The smallest absolute Gasteiger partial charge is 0.164 e. The molecule has 0 saturated heterocycles. The first-order chi connectivity index (χ1) is 71.7. The zero-order valence-corrected chi connectivity index (χ0v) is 83.9. The molecule has 3 aliphatic carbocycles. The highest BCUT2D eigenvalue weighted by Crippen LogP contribution is 2.65. The molecule has 704 valence electrons. The first kappa shape index (κ1) is 88.3. The van der Waals surface area contributed by atoms with Crippen molar-refractivity contribution in [2.24, 2.45) is 0 Å². The van der Waals surface area contributed by atoms with Crippen LogP contribution in [0.2, 0.25) is 0 Å². The number of hydrogen-bond acceptors (Lipinski definition) is 10. The maximum atomic E-state index is 5.42. The zero-order valence-electron chi connectivity index (χ0n) is 83.9. The Hall–Kier alpha value is -17.6. The van der Waals surface area contributed by atoms with Gasteiger partial charge in [-0.05, 0) is 268 Å². The molecule has 1 spiro atoms. The van der Waals surface area contributed by atoms with Gasteiger partial charge in [0, 0.05) is 89.1 Å². The Labute approximate surface area is 859 Å². The van der Waals surface area contributed by atoms with Crippen LogP contribution in [0.1, 0.15) is 170 Å². The monoisotopic (exact) mass is 1890 g/mol.